The average Bonchev–Trinajstić information content (AvgIpc) is 3.53. The Kier molecular flexibility index (Phi) is 6.33. The van der Waals surface area contributed by atoms with Gasteiger partial charge in [-0.05, 0) is 26.8 Å². The molecule has 36 heavy (non-hydrogen) atoms. The summed E-state index contributed by atoms with van der Waals surface area (Å²) in [6, 6.07) is 1.72. The summed E-state index contributed by atoms with van der Waals surface area (Å²) < 4.78 is 8.95. The van der Waals surface area contributed by atoms with Crippen LogP contribution in [0, 0.1) is 6.92 Å². The third kappa shape index (κ3) is 4.87. The van der Waals surface area contributed by atoms with Crippen LogP contribution in [0.4, 0.5) is 11.4 Å². The second-order valence-corrected chi connectivity index (χ2v) is 10.5. The molecule has 1 aliphatic heterocycles. The minimum Gasteiger partial charge on any atom is -0.378 e. The number of amides is 2. The van der Waals surface area contributed by atoms with Gasteiger partial charge in [0.2, 0.25) is 5.91 Å². The largest absolute Gasteiger partial charge is 0.378 e. The molecule has 4 aromatic rings. The fourth-order valence-corrected chi connectivity index (χ4v) is 5.13. The predicted molar refractivity (Wildman–Crippen MR) is 137 cm³/mol. The molecule has 0 atom stereocenters. The number of hydrogen-bond acceptors (Lipinski definition) is 8. The van der Waals surface area contributed by atoms with Gasteiger partial charge in [0.15, 0.2) is 0 Å². The summed E-state index contributed by atoms with van der Waals surface area (Å²) in [5.74, 6) is -0.444. The second-order valence-electron chi connectivity index (χ2n) is 9.45. The van der Waals surface area contributed by atoms with E-state index >= 15 is 0 Å². The lowest BCUT2D eigenvalue weighted by molar-refractivity contribution is -0.122. The van der Waals surface area contributed by atoms with E-state index in [1.54, 1.807) is 40.8 Å². The number of aromatic nitrogens is 5. The van der Waals surface area contributed by atoms with E-state index in [2.05, 4.69) is 44.6 Å². The van der Waals surface area contributed by atoms with Crippen LogP contribution in [0.5, 0.6) is 0 Å². The third-order valence-electron chi connectivity index (χ3n) is 6.20. The van der Waals surface area contributed by atoms with Gasteiger partial charge in [-0.1, -0.05) is 0 Å². The molecular weight excluding hydrogens is 480 g/mol. The summed E-state index contributed by atoms with van der Waals surface area (Å²) in [6.45, 7) is 8.05. The number of aryl methyl sites for hydroxylation is 2. The van der Waals surface area contributed by atoms with Crippen LogP contribution in [0.3, 0.4) is 0 Å². The van der Waals surface area contributed by atoms with E-state index in [4.69, 9.17) is 4.74 Å². The molecule has 0 radical (unpaired) electrons. The average molecular weight is 509 g/mol. The van der Waals surface area contributed by atoms with Crippen molar-refractivity contribution in [2.75, 3.05) is 36.9 Å². The molecule has 2 amide bonds. The zero-order valence-corrected chi connectivity index (χ0v) is 21.4. The van der Waals surface area contributed by atoms with Crippen LogP contribution in [0.25, 0.3) is 15.3 Å². The van der Waals surface area contributed by atoms with E-state index in [-0.39, 0.29) is 23.9 Å². The Hall–Kier alpha value is -3.61. The fraction of sp³-hybridized carbons (Fsp3) is 0.375. The molecule has 0 aliphatic carbocycles. The van der Waals surface area contributed by atoms with Crippen LogP contribution < -0.4 is 10.6 Å². The normalized spacial score (nSPS) is 15.8. The summed E-state index contributed by atoms with van der Waals surface area (Å²) in [5, 5.41) is 14.4. The van der Waals surface area contributed by atoms with Crippen molar-refractivity contribution < 1.29 is 14.3 Å². The molecule has 0 bridgehead atoms. The number of ether oxygens (including phenoxy) is 1. The SMILES string of the molecule is Cc1ncc(NC(=O)CN2CCOCC2(C)C)cc1NC(=O)c1cnn2cc(-c3cnn(C)c3)sc12. The molecule has 1 aliphatic rings. The van der Waals surface area contributed by atoms with Crippen molar-refractivity contribution in [1.29, 1.82) is 0 Å². The number of fused-ring (bicyclic) bond motifs is 1. The summed E-state index contributed by atoms with van der Waals surface area (Å²) in [4.78, 5) is 34.0. The highest BCUT2D eigenvalue weighted by molar-refractivity contribution is 7.21. The Morgan fingerprint density at radius 1 is 1.17 bits per heavy atom. The number of thiazole rings is 1. The molecule has 4 aromatic heterocycles. The topological polar surface area (TPSA) is 119 Å². The molecule has 0 aromatic carbocycles. The second kappa shape index (κ2) is 9.45. The van der Waals surface area contributed by atoms with Crippen LogP contribution in [0.2, 0.25) is 0 Å². The molecule has 188 valence electrons. The zero-order chi connectivity index (χ0) is 25.4. The highest BCUT2D eigenvalue weighted by Gasteiger charge is 2.31. The molecule has 1 fully saturated rings. The van der Waals surface area contributed by atoms with Gasteiger partial charge in [-0.2, -0.15) is 10.2 Å². The molecule has 1 saturated heterocycles. The minimum atomic E-state index is -0.298. The Morgan fingerprint density at radius 2 is 2.00 bits per heavy atom. The van der Waals surface area contributed by atoms with Gasteiger partial charge in [0, 0.05) is 37.1 Å². The van der Waals surface area contributed by atoms with Crippen LogP contribution in [0.15, 0.2) is 37.1 Å². The van der Waals surface area contributed by atoms with Gasteiger partial charge in [0.1, 0.15) is 4.83 Å². The van der Waals surface area contributed by atoms with Gasteiger partial charge in [-0.3, -0.25) is 24.2 Å². The lowest BCUT2D eigenvalue weighted by Gasteiger charge is -2.41. The van der Waals surface area contributed by atoms with Gasteiger partial charge >= 0.3 is 0 Å². The monoisotopic (exact) mass is 508 g/mol. The maximum atomic E-state index is 13.2. The lowest BCUT2D eigenvalue weighted by atomic mass is 10.0. The molecule has 0 spiro atoms. The Balaban J connectivity index is 1.29. The van der Waals surface area contributed by atoms with E-state index in [9.17, 15) is 9.59 Å². The van der Waals surface area contributed by atoms with E-state index in [0.29, 0.717) is 42.4 Å². The van der Waals surface area contributed by atoms with Crippen LogP contribution >= 0.6 is 11.3 Å². The Morgan fingerprint density at radius 3 is 2.75 bits per heavy atom. The quantitative estimate of drug-likeness (QED) is 0.411. The van der Waals surface area contributed by atoms with Gasteiger partial charge in [-0.25, -0.2) is 4.52 Å². The molecule has 11 nitrogen and oxygen atoms in total. The van der Waals surface area contributed by atoms with E-state index in [1.807, 2.05) is 19.4 Å². The third-order valence-corrected chi connectivity index (χ3v) is 7.36. The molecule has 2 N–H and O–H groups in total. The van der Waals surface area contributed by atoms with Crippen molar-refractivity contribution in [2.45, 2.75) is 26.3 Å². The molecule has 0 saturated carbocycles. The van der Waals surface area contributed by atoms with Crippen LogP contribution in [-0.2, 0) is 16.6 Å². The van der Waals surface area contributed by atoms with Crippen molar-refractivity contribution in [3.05, 3.63) is 48.3 Å². The summed E-state index contributed by atoms with van der Waals surface area (Å²) in [6.07, 6.45) is 8.71. The minimum absolute atomic E-state index is 0.146. The number of rotatable bonds is 6. The van der Waals surface area contributed by atoms with Gasteiger partial charge in [0.05, 0.1) is 65.9 Å². The number of nitrogens with one attached hydrogen (secondary N) is 2. The number of pyridine rings is 1. The number of anilines is 2. The van der Waals surface area contributed by atoms with Crippen molar-refractivity contribution in [1.82, 2.24) is 29.3 Å². The van der Waals surface area contributed by atoms with Gasteiger partial charge in [0.25, 0.3) is 5.91 Å². The first kappa shape index (κ1) is 24.1. The lowest BCUT2D eigenvalue weighted by Crippen LogP contribution is -2.55. The first-order valence-corrected chi connectivity index (χ1v) is 12.4. The molecule has 0 unspecified atom stereocenters. The molecule has 12 heteroatoms. The van der Waals surface area contributed by atoms with Gasteiger partial charge in [-0.15, -0.1) is 11.3 Å². The first-order chi connectivity index (χ1) is 17.2. The van der Waals surface area contributed by atoms with Crippen molar-refractivity contribution in [2.24, 2.45) is 7.05 Å². The molecule has 5 rings (SSSR count). The number of carbonyl (C=O) groups is 2. The number of nitrogens with zero attached hydrogens (tertiary/aromatic N) is 6. The molecular formula is C24H28N8O3S. The Labute approximate surface area is 212 Å². The maximum Gasteiger partial charge on any atom is 0.260 e. The summed E-state index contributed by atoms with van der Waals surface area (Å²) in [5.41, 5.74) is 2.88. The van der Waals surface area contributed by atoms with Crippen LogP contribution in [0.1, 0.15) is 29.9 Å². The standard InChI is InChI=1S/C24H28N8O3S/c1-15-19(7-17(9-25-15)28-21(33)13-31-5-6-35-14-24(31,2)3)29-22(34)18-10-27-32-12-20(36-23(18)32)16-8-26-30(4)11-16/h7-12H,5-6,13-14H2,1-4H3,(H,28,33)(H,29,34). The summed E-state index contributed by atoms with van der Waals surface area (Å²) >= 11 is 1.47. The van der Waals surface area contributed by atoms with E-state index in [0.717, 1.165) is 15.3 Å². The van der Waals surface area contributed by atoms with E-state index < -0.39 is 0 Å². The van der Waals surface area contributed by atoms with E-state index in [1.165, 1.54) is 11.3 Å². The predicted octanol–water partition coefficient (Wildman–Crippen LogP) is 2.80. The number of hydrogen-bond donors (Lipinski definition) is 2. The van der Waals surface area contributed by atoms with Crippen molar-refractivity contribution in [3.63, 3.8) is 0 Å². The number of carbonyl (C=O) groups excluding carboxylic acids is 2. The zero-order valence-electron chi connectivity index (χ0n) is 20.6. The van der Waals surface area contributed by atoms with Crippen molar-refractivity contribution in [3.8, 4) is 10.4 Å². The van der Waals surface area contributed by atoms with Crippen LogP contribution in [-0.4, -0.2) is 72.9 Å². The van der Waals surface area contributed by atoms with Gasteiger partial charge < -0.3 is 15.4 Å². The fourth-order valence-electron chi connectivity index (χ4n) is 4.10. The Bertz CT molecular complexity index is 1440. The molecule has 5 heterocycles. The van der Waals surface area contributed by atoms with Crippen molar-refractivity contribution >= 4 is 39.4 Å². The highest BCUT2D eigenvalue weighted by Crippen LogP contribution is 2.30. The smallest absolute Gasteiger partial charge is 0.260 e. The number of morpholine rings is 1. The first-order valence-electron chi connectivity index (χ1n) is 11.6. The summed E-state index contributed by atoms with van der Waals surface area (Å²) in [7, 11) is 1.86. The maximum absolute atomic E-state index is 13.2. The highest BCUT2D eigenvalue weighted by atomic mass is 32.1.